The van der Waals surface area contributed by atoms with E-state index in [1.54, 1.807) is 12.1 Å². The maximum absolute atomic E-state index is 12.3. The standard InChI is InChI=1S/C20H17NO4/c22-12-17(19-6-3-9-24-19)21-20(23)11-14-10-16-15-5-2-1-4-13(15)7-8-18(16)25-14/h1-10,17,22H,11-12H2,(H,21,23). The Hall–Kier alpha value is -3.05. The molecule has 0 saturated carbocycles. The van der Waals surface area contributed by atoms with Crippen molar-refractivity contribution in [2.75, 3.05) is 6.61 Å². The summed E-state index contributed by atoms with van der Waals surface area (Å²) in [5.74, 6) is 0.866. The molecule has 2 heterocycles. The van der Waals surface area contributed by atoms with Gasteiger partial charge in [-0.3, -0.25) is 4.79 Å². The van der Waals surface area contributed by atoms with Crippen LogP contribution in [0.4, 0.5) is 0 Å². The Balaban J connectivity index is 1.56. The summed E-state index contributed by atoms with van der Waals surface area (Å²) in [5, 5.41) is 15.4. The van der Waals surface area contributed by atoms with E-state index in [0.29, 0.717) is 11.5 Å². The number of amides is 1. The van der Waals surface area contributed by atoms with Crippen LogP contribution < -0.4 is 5.32 Å². The SMILES string of the molecule is O=C(Cc1cc2c(ccc3ccccc32)o1)NC(CO)c1ccco1. The van der Waals surface area contributed by atoms with Crippen molar-refractivity contribution in [2.45, 2.75) is 12.5 Å². The van der Waals surface area contributed by atoms with Gasteiger partial charge in [-0.15, -0.1) is 0 Å². The van der Waals surface area contributed by atoms with Crippen LogP contribution in [0.15, 0.2) is 69.7 Å². The highest BCUT2D eigenvalue weighted by Crippen LogP contribution is 2.28. The predicted molar refractivity (Wildman–Crippen MR) is 94.1 cm³/mol. The molecule has 0 fully saturated rings. The van der Waals surface area contributed by atoms with Crippen molar-refractivity contribution in [1.82, 2.24) is 5.32 Å². The number of benzene rings is 2. The first kappa shape index (κ1) is 15.5. The number of hydrogen-bond donors (Lipinski definition) is 2. The largest absolute Gasteiger partial charge is 0.467 e. The van der Waals surface area contributed by atoms with Crippen molar-refractivity contribution in [2.24, 2.45) is 0 Å². The Morgan fingerprint density at radius 3 is 2.76 bits per heavy atom. The van der Waals surface area contributed by atoms with Crippen LogP contribution in [0.5, 0.6) is 0 Å². The Bertz CT molecular complexity index is 1020. The van der Waals surface area contributed by atoms with E-state index in [1.807, 2.05) is 42.5 Å². The zero-order chi connectivity index (χ0) is 17.2. The van der Waals surface area contributed by atoms with E-state index in [4.69, 9.17) is 8.83 Å². The predicted octanol–water partition coefficient (Wildman–Crippen LogP) is 3.57. The molecule has 1 amide bonds. The molecule has 0 radical (unpaired) electrons. The summed E-state index contributed by atoms with van der Waals surface area (Å²) in [6, 6.07) is 16.7. The molecule has 5 nitrogen and oxygen atoms in total. The highest BCUT2D eigenvalue weighted by molar-refractivity contribution is 6.06. The molecule has 2 aromatic carbocycles. The summed E-state index contributed by atoms with van der Waals surface area (Å²) >= 11 is 0. The number of rotatable bonds is 5. The summed E-state index contributed by atoms with van der Waals surface area (Å²) in [6.45, 7) is -0.232. The van der Waals surface area contributed by atoms with E-state index < -0.39 is 6.04 Å². The lowest BCUT2D eigenvalue weighted by molar-refractivity contribution is -0.121. The first-order valence-corrected chi connectivity index (χ1v) is 8.08. The molecule has 2 aromatic heterocycles. The van der Waals surface area contributed by atoms with Crippen LogP contribution in [0.25, 0.3) is 21.7 Å². The molecule has 5 heteroatoms. The number of aliphatic hydroxyl groups excluding tert-OH is 1. The highest BCUT2D eigenvalue weighted by atomic mass is 16.3. The van der Waals surface area contributed by atoms with E-state index in [0.717, 1.165) is 21.7 Å². The average molecular weight is 335 g/mol. The Kier molecular flexibility index (Phi) is 3.99. The van der Waals surface area contributed by atoms with Crippen molar-refractivity contribution < 1.29 is 18.7 Å². The summed E-state index contributed by atoms with van der Waals surface area (Å²) in [4.78, 5) is 12.3. The van der Waals surface area contributed by atoms with Crippen LogP contribution in [0.2, 0.25) is 0 Å². The van der Waals surface area contributed by atoms with Gasteiger partial charge in [0.1, 0.15) is 23.1 Å². The molecule has 0 bridgehead atoms. The van der Waals surface area contributed by atoms with Crippen LogP contribution in [-0.2, 0) is 11.2 Å². The average Bonchev–Trinajstić information content (AvgIpc) is 3.29. The monoisotopic (exact) mass is 335 g/mol. The molecular weight excluding hydrogens is 318 g/mol. The van der Waals surface area contributed by atoms with Crippen molar-refractivity contribution in [1.29, 1.82) is 0 Å². The number of aliphatic hydroxyl groups is 1. The lowest BCUT2D eigenvalue weighted by atomic mass is 10.1. The third-order valence-corrected chi connectivity index (χ3v) is 4.22. The molecule has 0 aliphatic carbocycles. The Morgan fingerprint density at radius 1 is 1.08 bits per heavy atom. The third-order valence-electron chi connectivity index (χ3n) is 4.22. The molecular formula is C20H17NO4. The third kappa shape index (κ3) is 3.02. The molecule has 1 atom stereocenters. The minimum absolute atomic E-state index is 0.0974. The van der Waals surface area contributed by atoms with Crippen LogP contribution in [0.1, 0.15) is 17.6 Å². The van der Waals surface area contributed by atoms with Gasteiger partial charge in [0.25, 0.3) is 0 Å². The second kappa shape index (κ2) is 6.45. The number of nitrogens with one attached hydrogen (secondary N) is 1. The zero-order valence-corrected chi connectivity index (χ0v) is 13.4. The molecule has 4 aromatic rings. The smallest absolute Gasteiger partial charge is 0.228 e. The highest BCUT2D eigenvalue weighted by Gasteiger charge is 2.18. The van der Waals surface area contributed by atoms with Gasteiger partial charge >= 0.3 is 0 Å². The maximum Gasteiger partial charge on any atom is 0.228 e. The zero-order valence-electron chi connectivity index (χ0n) is 13.4. The van der Waals surface area contributed by atoms with Gasteiger partial charge in [0, 0.05) is 5.39 Å². The number of carbonyl (C=O) groups excluding carboxylic acids is 1. The summed E-state index contributed by atoms with van der Waals surface area (Å²) in [7, 11) is 0. The minimum Gasteiger partial charge on any atom is -0.467 e. The van der Waals surface area contributed by atoms with Gasteiger partial charge in [0.15, 0.2) is 0 Å². The minimum atomic E-state index is -0.562. The lowest BCUT2D eigenvalue weighted by Crippen LogP contribution is -2.31. The lowest BCUT2D eigenvalue weighted by Gasteiger charge is -2.13. The first-order chi connectivity index (χ1) is 12.2. The molecule has 0 spiro atoms. The molecule has 0 saturated heterocycles. The van der Waals surface area contributed by atoms with Crippen LogP contribution in [0.3, 0.4) is 0 Å². The van der Waals surface area contributed by atoms with Crippen LogP contribution >= 0.6 is 0 Å². The van der Waals surface area contributed by atoms with Gasteiger partial charge < -0.3 is 19.3 Å². The molecule has 1 unspecified atom stereocenters. The van der Waals surface area contributed by atoms with Crippen molar-refractivity contribution in [3.63, 3.8) is 0 Å². The van der Waals surface area contributed by atoms with E-state index in [-0.39, 0.29) is 18.9 Å². The summed E-state index contributed by atoms with van der Waals surface area (Å²) < 4.78 is 11.0. The molecule has 4 rings (SSSR count). The van der Waals surface area contributed by atoms with E-state index in [1.165, 1.54) is 6.26 Å². The fourth-order valence-corrected chi connectivity index (χ4v) is 3.03. The van der Waals surface area contributed by atoms with Crippen LogP contribution in [-0.4, -0.2) is 17.6 Å². The Morgan fingerprint density at radius 2 is 1.96 bits per heavy atom. The van der Waals surface area contributed by atoms with Crippen LogP contribution in [0, 0.1) is 0 Å². The maximum atomic E-state index is 12.3. The number of fused-ring (bicyclic) bond motifs is 3. The van der Waals surface area contributed by atoms with E-state index >= 15 is 0 Å². The Labute approximate surface area is 143 Å². The van der Waals surface area contributed by atoms with Crippen molar-refractivity contribution in [3.05, 3.63) is 72.4 Å². The van der Waals surface area contributed by atoms with Crippen molar-refractivity contribution >= 4 is 27.6 Å². The van der Waals surface area contributed by atoms with Gasteiger partial charge in [-0.05, 0) is 35.0 Å². The summed E-state index contributed by atoms with van der Waals surface area (Å²) in [5.41, 5.74) is 0.756. The molecule has 2 N–H and O–H groups in total. The molecule has 0 aliphatic heterocycles. The molecule has 0 aliphatic rings. The quantitative estimate of drug-likeness (QED) is 0.584. The number of furan rings is 2. The fraction of sp³-hybridized carbons (Fsp3) is 0.150. The number of hydrogen-bond acceptors (Lipinski definition) is 4. The second-order valence-electron chi connectivity index (χ2n) is 5.91. The van der Waals surface area contributed by atoms with E-state index in [2.05, 4.69) is 5.32 Å². The van der Waals surface area contributed by atoms with Crippen molar-refractivity contribution in [3.8, 4) is 0 Å². The van der Waals surface area contributed by atoms with Gasteiger partial charge in [-0.2, -0.15) is 0 Å². The van der Waals surface area contributed by atoms with Gasteiger partial charge in [-0.1, -0.05) is 30.3 Å². The number of carbonyl (C=O) groups is 1. The fourth-order valence-electron chi connectivity index (χ4n) is 3.03. The molecule has 126 valence electrons. The topological polar surface area (TPSA) is 75.6 Å². The van der Waals surface area contributed by atoms with Gasteiger partial charge in [-0.25, -0.2) is 0 Å². The first-order valence-electron chi connectivity index (χ1n) is 8.08. The van der Waals surface area contributed by atoms with E-state index in [9.17, 15) is 9.90 Å². The molecule has 25 heavy (non-hydrogen) atoms. The van der Waals surface area contributed by atoms with Gasteiger partial charge in [0.2, 0.25) is 5.91 Å². The normalized spacial score (nSPS) is 12.5. The summed E-state index contributed by atoms with van der Waals surface area (Å²) in [6.07, 6.45) is 1.61. The second-order valence-corrected chi connectivity index (χ2v) is 5.91. The van der Waals surface area contributed by atoms with Gasteiger partial charge in [0.05, 0.1) is 19.3 Å².